The lowest BCUT2D eigenvalue weighted by Gasteiger charge is -2.20. The molecule has 0 aromatic carbocycles. The molecule has 0 saturated heterocycles. The Morgan fingerprint density at radius 1 is 1.17 bits per heavy atom. The second-order valence-corrected chi connectivity index (χ2v) is 4.14. The maximum atomic E-state index is 11.4. The Morgan fingerprint density at radius 3 is 2.17 bits per heavy atom. The fourth-order valence-electron chi connectivity index (χ4n) is 1.22. The number of carbonyl (C=O) groups is 3. The molecule has 0 fully saturated rings. The third kappa shape index (κ3) is 8.20. The fraction of sp³-hybridized carbons (Fsp3) is 0.700. The summed E-state index contributed by atoms with van der Waals surface area (Å²) in [6.45, 7) is 4.08. The minimum Gasteiger partial charge on any atom is -0.481 e. The van der Waals surface area contributed by atoms with Gasteiger partial charge < -0.3 is 26.8 Å². The zero-order valence-electron chi connectivity index (χ0n) is 10.5. The van der Waals surface area contributed by atoms with E-state index in [2.05, 4.69) is 16.0 Å². The Bertz CT molecular complexity index is 306. The van der Waals surface area contributed by atoms with Crippen molar-refractivity contribution in [2.45, 2.75) is 26.3 Å². The first-order chi connectivity index (χ1) is 8.32. The number of nitrogens with two attached hydrogens (primary N) is 1. The number of aliphatic carboxylic acids is 1. The number of primary amides is 1. The van der Waals surface area contributed by atoms with Gasteiger partial charge in [-0.1, -0.05) is 13.8 Å². The van der Waals surface area contributed by atoms with E-state index in [1.54, 1.807) is 0 Å². The molecule has 0 aromatic heterocycles. The summed E-state index contributed by atoms with van der Waals surface area (Å²) in [5, 5.41) is 16.0. The average Bonchev–Trinajstić information content (AvgIpc) is 2.22. The van der Waals surface area contributed by atoms with Crippen LogP contribution < -0.4 is 21.7 Å². The van der Waals surface area contributed by atoms with Crippen LogP contribution in [0.2, 0.25) is 0 Å². The third-order valence-corrected chi connectivity index (χ3v) is 2.23. The summed E-state index contributed by atoms with van der Waals surface area (Å²) in [5.74, 6) is -0.958. The van der Waals surface area contributed by atoms with Gasteiger partial charge in [0, 0.05) is 19.1 Å². The molecule has 0 aliphatic heterocycles. The van der Waals surface area contributed by atoms with Crippen LogP contribution in [0, 0.1) is 5.92 Å². The maximum Gasteiger partial charge on any atom is 0.315 e. The summed E-state index contributed by atoms with van der Waals surface area (Å²) in [6.07, 6.45) is -0.134. The highest BCUT2D eigenvalue weighted by molar-refractivity contribution is 5.76. The smallest absolute Gasteiger partial charge is 0.315 e. The van der Waals surface area contributed by atoms with Gasteiger partial charge >= 0.3 is 18.0 Å². The van der Waals surface area contributed by atoms with E-state index in [-0.39, 0.29) is 25.4 Å². The van der Waals surface area contributed by atoms with Gasteiger partial charge in [-0.3, -0.25) is 4.79 Å². The monoisotopic (exact) mass is 260 g/mol. The van der Waals surface area contributed by atoms with E-state index in [1.165, 1.54) is 0 Å². The summed E-state index contributed by atoms with van der Waals surface area (Å²) >= 11 is 0. The van der Waals surface area contributed by atoms with Crippen molar-refractivity contribution in [1.82, 2.24) is 16.0 Å². The van der Waals surface area contributed by atoms with E-state index >= 15 is 0 Å². The highest BCUT2D eigenvalue weighted by Gasteiger charge is 2.18. The number of carboxylic acids is 1. The minimum absolute atomic E-state index is 0.00981. The number of hydrogen-bond donors (Lipinski definition) is 5. The summed E-state index contributed by atoms with van der Waals surface area (Å²) < 4.78 is 0. The first kappa shape index (κ1) is 16.0. The molecule has 0 spiro atoms. The number of hydrogen-bond acceptors (Lipinski definition) is 3. The van der Waals surface area contributed by atoms with Crippen molar-refractivity contribution in [3.8, 4) is 0 Å². The summed E-state index contributed by atoms with van der Waals surface area (Å²) in [6, 6.07) is -1.57. The van der Waals surface area contributed by atoms with E-state index in [9.17, 15) is 14.4 Å². The van der Waals surface area contributed by atoms with Crippen LogP contribution in [-0.2, 0) is 4.79 Å². The molecule has 8 nitrogen and oxygen atoms in total. The Morgan fingerprint density at radius 2 is 1.72 bits per heavy atom. The van der Waals surface area contributed by atoms with Gasteiger partial charge in [0.2, 0.25) is 0 Å². The number of urea groups is 2. The van der Waals surface area contributed by atoms with E-state index in [4.69, 9.17) is 10.8 Å². The molecule has 0 aliphatic carbocycles. The Hall–Kier alpha value is -1.99. The maximum absolute atomic E-state index is 11.4. The van der Waals surface area contributed by atoms with Gasteiger partial charge in [0.15, 0.2) is 0 Å². The van der Waals surface area contributed by atoms with Gasteiger partial charge in [-0.25, -0.2) is 9.59 Å². The lowest BCUT2D eigenvalue weighted by atomic mass is 10.0. The molecule has 1 unspecified atom stereocenters. The van der Waals surface area contributed by atoms with Crippen molar-refractivity contribution >= 4 is 18.0 Å². The molecule has 0 rings (SSSR count). The lowest BCUT2D eigenvalue weighted by Crippen LogP contribution is -2.47. The zero-order chi connectivity index (χ0) is 14.1. The highest BCUT2D eigenvalue weighted by Crippen LogP contribution is 2.05. The number of carboxylic acid groups (broad SMARTS) is 1. The number of carbonyl (C=O) groups excluding carboxylic acids is 2. The van der Waals surface area contributed by atoms with Crippen LogP contribution in [0.4, 0.5) is 9.59 Å². The molecular formula is C10H20N4O4. The van der Waals surface area contributed by atoms with Gasteiger partial charge in [-0.2, -0.15) is 0 Å². The standard InChI is InChI=1S/C10H20N4O4/c1-6(2)7(5-8(15)16)14-10(18)13-4-3-12-9(11)17/h6-7H,3-5H2,1-2H3,(H,15,16)(H3,11,12,17)(H2,13,14,18). The first-order valence-electron chi connectivity index (χ1n) is 5.62. The predicted octanol–water partition coefficient (Wildman–Crippen LogP) is -0.547. The van der Waals surface area contributed by atoms with Crippen LogP contribution in [0.15, 0.2) is 0 Å². The van der Waals surface area contributed by atoms with Gasteiger partial charge in [0.25, 0.3) is 0 Å². The quantitative estimate of drug-likeness (QED) is 0.393. The van der Waals surface area contributed by atoms with Crippen molar-refractivity contribution < 1.29 is 19.5 Å². The van der Waals surface area contributed by atoms with E-state index in [0.717, 1.165) is 0 Å². The molecule has 0 aromatic rings. The number of amides is 4. The van der Waals surface area contributed by atoms with Crippen molar-refractivity contribution in [3.05, 3.63) is 0 Å². The number of nitrogens with one attached hydrogen (secondary N) is 3. The molecule has 1 atom stereocenters. The predicted molar refractivity (Wildman–Crippen MR) is 65.0 cm³/mol. The molecule has 6 N–H and O–H groups in total. The molecule has 104 valence electrons. The molecule has 18 heavy (non-hydrogen) atoms. The van der Waals surface area contributed by atoms with Crippen LogP contribution >= 0.6 is 0 Å². The van der Waals surface area contributed by atoms with Crippen LogP contribution in [0.3, 0.4) is 0 Å². The molecule has 4 amide bonds. The molecule has 0 saturated carbocycles. The third-order valence-electron chi connectivity index (χ3n) is 2.23. The van der Waals surface area contributed by atoms with Gasteiger partial charge in [0.1, 0.15) is 0 Å². The largest absolute Gasteiger partial charge is 0.481 e. The topological polar surface area (TPSA) is 134 Å². The van der Waals surface area contributed by atoms with Crippen LogP contribution in [0.5, 0.6) is 0 Å². The normalized spacial score (nSPS) is 11.7. The first-order valence-corrected chi connectivity index (χ1v) is 5.62. The molecule has 0 radical (unpaired) electrons. The summed E-state index contributed by atoms with van der Waals surface area (Å²) in [5.41, 5.74) is 4.84. The Balaban J connectivity index is 3.95. The Kier molecular flexibility index (Phi) is 7.25. The van der Waals surface area contributed by atoms with Gasteiger partial charge in [0.05, 0.1) is 6.42 Å². The van der Waals surface area contributed by atoms with Crippen LogP contribution in [-0.4, -0.2) is 42.3 Å². The van der Waals surface area contributed by atoms with Crippen molar-refractivity contribution in [3.63, 3.8) is 0 Å². The van der Waals surface area contributed by atoms with Crippen molar-refractivity contribution in [2.24, 2.45) is 11.7 Å². The van der Waals surface area contributed by atoms with Crippen LogP contribution in [0.25, 0.3) is 0 Å². The number of rotatable bonds is 7. The fourth-order valence-corrected chi connectivity index (χ4v) is 1.22. The summed E-state index contributed by atoms with van der Waals surface area (Å²) in [7, 11) is 0. The van der Waals surface area contributed by atoms with E-state index in [1.807, 2.05) is 13.8 Å². The van der Waals surface area contributed by atoms with E-state index in [0.29, 0.717) is 0 Å². The Labute approximate surface area is 105 Å². The molecule has 0 heterocycles. The molecule has 0 bridgehead atoms. The average molecular weight is 260 g/mol. The van der Waals surface area contributed by atoms with E-state index < -0.39 is 24.1 Å². The minimum atomic E-state index is -0.968. The molecule has 8 heteroatoms. The van der Waals surface area contributed by atoms with Crippen LogP contribution in [0.1, 0.15) is 20.3 Å². The zero-order valence-corrected chi connectivity index (χ0v) is 10.5. The second-order valence-electron chi connectivity index (χ2n) is 4.14. The summed E-state index contributed by atoms with van der Waals surface area (Å²) in [4.78, 5) is 32.4. The lowest BCUT2D eigenvalue weighted by molar-refractivity contribution is -0.137. The molecule has 0 aliphatic rings. The second kappa shape index (κ2) is 8.15. The van der Waals surface area contributed by atoms with Gasteiger partial charge in [-0.15, -0.1) is 0 Å². The van der Waals surface area contributed by atoms with Crippen molar-refractivity contribution in [2.75, 3.05) is 13.1 Å². The van der Waals surface area contributed by atoms with Gasteiger partial charge in [-0.05, 0) is 5.92 Å². The SMILES string of the molecule is CC(C)C(CC(=O)O)NC(=O)NCCNC(N)=O. The van der Waals surface area contributed by atoms with Crippen molar-refractivity contribution in [1.29, 1.82) is 0 Å². The molecular weight excluding hydrogens is 240 g/mol. The highest BCUT2D eigenvalue weighted by atomic mass is 16.4.